The van der Waals surface area contributed by atoms with E-state index in [1.807, 2.05) is 0 Å². The van der Waals surface area contributed by atoms with Gasteiger partial charge in [-0.25, -0.2) is 0 Å². The molecule has 1 heteroatoms. The lowest BCUT2D eigenvalue weighted by atomic mass is 9.82. The summed E-state index contributed by atoms with van der Waals surface area (Å²) >= 11 is 0. The summed E-state index contributed by atoms with van der Waals surface area (Å²) in [6.07, 6.45) is 9.34. The minimum Gasteiger partial charge on any atom is -0.396 e. The summed E-state index contributed by atoms with van der Waals surface area (Å²) in [6.45, 7) is 2.58. The summed E-state index contributed by atoms with van der Waals surface area (Å²) in [6, 6.07) is 0. The highest BCUT2D eigenvalue weighted by molar-refractivity contribution is 4.96. The largest absolute Gasteiger partial charge is 0.396 e. The molecule has 0 aromatic rings. The molecule has 0 radical (unpaired) electrons. The van der Waals surface area contributed by atoms with Crippen LogP contribution in [0, 0.1) is 11.8 Å². The van der Waals surface area contributed by atoms with Gasteiger partial charge in [0.1, 0.15) is 0 Å². The van der Waals surface area contributed by atoms with Crippen LogP contribution in [0.15, 0.2) is 12.2 Å². The van der Waals surface area contributed by atoms with Crippen molar-refractivity contribution in [2.24, 2.45) is 11.8 Å². The smallest absolute Gasteiger partial charge is 0.0465 e. The summed E-state index contributed by atoms with van der Waals surface area (Å²) in [5.41, 5.74) is 0. The van der Waals surface area contributed by atoms with Gasteiger partial charge < -0.3 is 5.11 Å². The molecule has 1 N–H and O–H groups in total. The predicted octanol–water partition coefficient (Wildman–Crippen LogP) is 2.36. The second-order valence-corrected chi connectivity index (χ2v) is 3.40. The average Bonchev–Trinajstić information content (AvgIpc) is 2.06. The molecule has 0 heterocycles. The summed E-state index contributed by atoms with van der Waals surface area (Å²) in [4.78, 5) is 0. The van der Waals surface area contributed by atoms with Crippen LogP contribution in [-0.2, 0) is 0 Å². The Kier molecular flexibility index (Phi) is 3.64. The first-order valence-electron chi connectivity index (χ1n) is 4.66. The monoisotopic (exact) mass is 154 g/mol. The zero-order valence-corrected chi connectivity index (χ0v) is 7.29. The Morgan fingerprint density at radius 1 is 1.55 bits per heavy atom. The normalized spacial score (nSPS) is 30.7. The maximum Gasteiger partial charge on any atom is 0.0465 e. The van der Waals surface area contributed by atoms with Gasteiger partial charge >= 0.3 is 0 Å². The van der Waals surface area contributed by atoms with Crippen molar-refractivity contribution < 1.29 is 5.11 Å². The second kappa shape index (κ2) is 4.55. The summed E-state index contributed by atoms with van der Waals surface area (Å²) in [5.74, 6) is 1.19. The molecular formula is C10H18O. The molecule has 0 aromatic heterocycles. The van der Waals surface area contributed by atoms with Gasteiger partial charge in [-0.15, -0.1) is 0 Å². The van der Waals surface area contributed by atoms with E-state index < -0.39 is 0 Å². The SMILES string of the molecule is CCCC1C=CCCC1CO. The van der Waals surface area contributed by atoms with E-state index in [1.165, 1.54) is 19.3 Å². The third-order valence-corrected chi connectivity index (χ3v) is 2.55. The molecule has 11 heavy (non-hydrogen) atoms. The van der Waals surface area contributed by atoms with Gasteiger partial charge in [0.2, 0.25) is 0 Å². The molecule has 0 amide bonds. The molecule has 0 saturated carbocycles. The van der Waals surface area contributed by atoms with Crippen LogP contribution in [-0.4, -0.2) is 11.7 Å². The van der Waals surface area contributed by atoms with Gasteiger partial charge in [-0.1, -0.05) is 25.5 Å². The molecule has 0 saturated heterocycles. The van der Waals surface area contributed by atoms with Gasteiger partial charge in [-0.3, -0.25) is 0 Å². The lowest BCUT2D eigenvalue weighted by Crippen LogP contribution is -2.19. The van der Waals surface area contributed by atoms with Crippen molar-refractivity contribution in [3.63, 3.8) is 0 Å². The molecule has 0 bridgehead atoms. The fourth-order valence-corrected chi connectivity index (χ4v) is 1.84. The van der Waals surface area contributed by atoms with Crippen LogP contribution < -0.4 is 0 Å². The van der Waals surface area contributed by atoms with Crippen LogP contribution >= 0.6 is 0 Å². The van der Waals surface area contributed by atoms with Gasteiger partial charge in [-0.05, 0) is 31.1 Å². The number of hydrogen-bond acceptors (Lipinski definition) is 1. The minimum atomic E-state index is 0.370. The van der Waals surface area contributed by atoms with Crippen LogP contribution in [0.2, 0.25) is 0 Å². The van der Waals surface area contributed by atoms with Gasteiger partial charge in [0.15, 0.2) is 0 Å². The molecule has 64 valence electrons. The molecule has 2 unspecified atom stereocenters. The van der Waals surface area contributed by atoms with Gasteiger partial charge in [0, 0.05) is 6.61 Å². The van der Waals surface area contributed by atoms with Crippen LogP contribution in [0.4, 0.5) is 0 Å². The van der Waals surface area contributed by atoms with E-state index >= 15 is 0 Å². The highest BCUT2D eigenvalue weighted by Crippen LogP contribution is 2.27. The third kappa shape index (κ3) is 2.33. The Labute approximate surface area is 69.1 Å². The Balaban J connectivity index is 2.43. The predicted molar refractivity (Wildman–Crippen MR) is 47.3 cm³/mol. The first kappa shape index (κ1) is 8.79. The molecule has 1 aliphatic rings. The fraction of sp³-hybridized carbons (Fsp3) is 0.800. The number of allylic oxidation sites excluding steroid dienone is 2. The van der Waals surface area contributed by atoms with Crippen LogP contribution in [0.3, 0.4) is 0 Å². The van der Waals surface area contributed by atoms with E-state index in [-0.39, 0.29) is 0 Å². The third-order valence-electron chi connectivity index (χ3n) is 2.55. The van der Waals surface area contributed by atoms with Crippen molar-refractivity contribution in [3.05, 3.63) is 12.2 Å². The van der Waals surface area contributed by atoms with E-state index in [2.05, 4.69) is 19.1 Å². The number of aliphatic hydroxyl groups is 1. The number of hydrogen-bond donors (Lipinski definition) is 1. The standard InChI is InChI=1S/C10H18O/c1-2-5-9-6-3-4-7-10(9)8-11/h3,6,9-11H,2,4-5,7-8H2,1H3. The number of rotatable bonds is 3. The van der Waals surface area contributed by atoms with Crippen molar-refractivity contribution in [1.29, 1.82) is 0 Å². The molecule has 1 rings (SSSR count). The van der Waals surface area contributed by atoms with Crippen LogP contribution in [0.25, 0.3) is 0 Å². The summed E-state index contributed by atoms with van der Waals surface area (Å²) in [7, 11) is 0. The maximum absolute atomic E-state index is 9.05. The Bertz CT molecular complexity index is 129. The second-order valence-electron chi connectivity index (χ2n) is 3.40. The highest BCUT2D eigenvalue weighted by atomic mass is 16.3. The molecule has 1 nitrogen and oxygen atoms in total. The fourth-order valence-electron chi connectivity index (χ4n) is 1.84. The van der Waals surface area contributed by atoms with Crippen molar-refractivity contribution >= 4 is 0 Å². The topological polar surface area (TPSA) is 20.2 Å². The first-order chi connectivity index (χ1) is 5.38. The Morgan fingerprint density at radius 2 is 2.36 bits per heavy atom. The molecule has 2 atom stereocenters. The lowest BCUT2D eigenvalue weighted by Gasteiger charge is -2.25. The molecular weight excluding hydrogens is 136 g/mol. The molecule has 0 aromatic carbocycles. The van der Waals surface area contributed by atoms with Gasteiger partial charge in [0.05, 0.1) is 0 Å². The van der Waals surface area contributed by atoms with Crippen LogP contribution in [0.1, 0.15) is 32.6 Å². The van der Waals surface area contributed by atoms with Crippen LogP contribution in [0.5, 0.6) is 0 Å². The number of aliphatic hydroxyl groups excluding tert-OH is 1. The molecule has 0 aliphatic heterocycles. The molecule has 1 aliphatic carbocycles. The van der Waals surface area contributed by atoms with E-state index in [1.54, 1.807) is 0 Å². The van der Waals surface area contributed by atoms with Gasteiger partial charge in [0.25, 0.3) is 0 Å². The maximum atomic E-state index is 9.05. The van der Waals surface area contributed by atoms with E-state index in [0.29, 0.717) is 18.4 Å². The summed E-state index contributed by atoms with van der Waals surface area (Å²) < 4.78 is 0. The zero-order valence-electron chi connectivity index (χ0n) is 7.29. The van der Waals surface area contributed by atoms with Crippen molar-refractivity contribution in [2.75, 3.05) is 6.61 Å². The zero-order chi connectivity index (χ0) is 8.10. The van der Waals surface area contributed by atoms with E-state index in [4.69, 9.17) is 5.11 Å². The molecule has 0 spiro atoms. The van der Waals surface area contributed by atoms with Crippen molar-refractivity contribution in [2.45, 2.75) is 32.6 Å². The van der Waals surface area contributed by atoms with Crippen molar-refractivity contribution in [1.82, 2.24) is 0 Å². The van der Waals surface area contributed by atoms with E-state index in [0.717, 1.165) is 6.42 Å². The highest BCUT2D eigenvalue weighted by Gasteiger charge is 2.19. The Morgan fingerprint density at radius 3 is 3.00 bits per heavy atom. The first-order valence-corrected chi connectivity index (χ1v) is 4.66. The average molecular weight is 154 g/mol. The van der Waals surface area contributed by atoms with Gasteiger partial charge in [-0.2, -0.15) is 0 Å². The minimum absolute atomic E-state index is 0.370. The Hall–Kier alpha value is -0.300. The lowest BCUT2D eigenvalue weighted by molar-refractivity contribution is 0.176. The summed E-state index contributed by atoms with van der Waals surface area (Å²) in [5, 5.41) is 9.05. The quantitative estimate of drug-likeness (QED) is 0.619. The molecule has 0 fully saturated rings. The van der Waals surface area contributed by atoms with E-state index in [9.17, 15) is 0 Å². The van der Waals surface area contributed by atoms with Crippen molar-refractivity contribution in [3.8, 4) is 0 Å².